The Morgan fingerprint density at radius 2 is 2.33 bits per heavy atom. The normalized spacial score (nSPS) is 17.5. The maximum Gasteiger partial charge on any atom is 0.224 e. The Balaban J connectivity index is 1.31. The molecule has 9 nitrogen and oxygen atoms in total. The maximum absolute atomic E-state index is 12.3. The van der Waals surface area contributed by atoms with Gasteiger partial charge in [-0.05, 0) is 18.6 Å². The summed E-state index contributed by atoms with van der Waals surface area (Å²) in [5.74, 6) is 0.940. The number of imidazole rings is 1. The molecule has 9 heteroatoms. The molecule has 1 fully saturated rings. The van der Waals surface area contributed by atoms with E-state index in [2.05, 4.69) is 25.5 Å². The van der Waals surface area contributed by atoms with Gasteiger partial charge in [0.05, 0.1) is 6.54 Å². The minimum atomic E-state index is 0.146. The lowest BCUT2D eigenvalue weighted by Gasteiger charge is -2.17. The molecule has 0 aromatic carbocycles. The lowest BCUT2D eigenvalue weighted by Crippen LogP contribution is -2.32. The molecule has 4 rings (SSSR count). The van der Waals surface area contributed by atoms with E-state index in [9.17, 15) is 4.79 Å². The summed E-state index contributed by atoms with van der Waals surface area (Å²) in [4.78, 5) is 22.2. The maximum atomic E-state index is 12.3. The highest BCUT2D eigenvalue weighted by atomic mass is 16.2. The molecule has 0 spiro atoms. The average Bonchev–Trinajstić information content (AvgIpc) is 3.33. The molecule has 0 bridgehead atoms. The molecule has 0 saturated carbocycles. The van der Waals surface area contributed by atoms with Crippen molar-refractivity contribution < 1.29 is 4.79 Å². The largest absolute Gasteiger partial charge is 0.364 e. The Morgan fingerprint density at radius 3 is 3.21 bits per heavy atom. The van der Waals surface area contributed by atoms with E-state index in [1.807, 2.05) is 23.2 Å². The smallest absolute Gasteiger partial charge is 0.224 e. The van der Waals surface area contributed by atoms with Gasteiger partial charge in [0.1, 0.15) is 18.5 Å². The van der Waals surface area contributed by atoms with Crippen molar-refractivity contribution in [3.05, 3.63) is 37.2 Å². The highest BCUT2D eigenvalue weighted by molar-refractivity contribution is 5.76. The predicted octanol–water partition coefficient (Wildman–Crippen LogP) is 0.424. The van der Waals surface area contributed by atoms with E-state index in [4.69, 9.17) is 0 Å². The number of likely N-dealkylation sites (tertiary alicyclic amines) is 1. The number of anilines is 1. The van der Waals surface area contributed by atoms with Gasteiger partial charge in [0, 0.05) is 37.9 Å². The molecule has 4 heterocycles. The van der Waals surface area contributed by atoms with E-state index in [-0.39, 0.29) is 11.9 Å². The summed E-state index contributed by atoms with van der Waals surface area (Å²) in [5, 5.41) is 11.9. The third kappa shape index (κ3) is 3.05. The van der Waals surface area contributed by atoms with Gasteiger partial charge < -0.3 is 10.2 Å². The van der Waals surface area contributed by atoms with Gasteiger partial charge in [-0.2, -0.15) is 5.10 Å². The number of nitrogens with one attached hydrogen (secondary N) is 1. The quantitative estimate of drug-likeness (QED) is 0.730. The summed E-state index contributed by atoms with van der Waals surface area (Å²) >= 11 is 0. The van der Waals surface area contributed by atoms with Crippen LogP contribution in [0.5, 0.6) is 0 Å². The summed E-state index contributed by atoms with van der Waals surface area (Å²) in [6, 6.07) is 4.05. The number of carbonyl (C=O) groups excluding carboxylic acids is 1. The fraction of sp³-hybridized carbons (Fsp3) is 0.400. The number of hydrogen-bond donors (Lipinski definition) is 1. The third-order valence-corrected chi connectivity index (χ3v) is 4.17. The second-order valence-electron chi connectivity index (χ2n) is 5.83. The first-order chi connectivity index (χ1) is 11.8. The van der Waals surface area contributed by atoms with E-state index in [0.717, 1.165) is 24.4 Å². The molecule has 3 aromatic heterocycles. The van der Waals surface area contributed by atoms with Crippen LogP contribution in [0.4, 0.5) is 5.82 Å². The molecule has 3 aromatic rings. The van der Waals surface area contributed by atoms with Crippen molar-refractivity contribution in [2.45, 2.75) is 25.4 Å². The summed E-state index contributed by atoms with van der Waals surface area (Å²) in [7, 11) is 0. The second-order valence-corrected chi connectivity index (χ2v) is 5.83. The molecular formula is C15H18N8O. The SMILES string of the molecule is O=C(CCn1cncn1)N1CCC(Nc2ccc3nccn3n2)C1. The minimum Gasteiger partial charge on any atom is -0.364 e. The van der Waals surface area contributed by atoms with Crippen LogP contribution in [-0.4, -0.2) is 59.3 Å². The van der Waals surface area contributed by atoms with Gasteiger partial charge in [0.25, 0.3) is 0 Å². The van der Waals surface area contributed by atoms with Crippen LogP contribution in [0.1, 0.15) is 12.8 Å². The van der Waals surface area contributed by atoms with Crippen molar-refractivity contribution in [3.8, 4) is 0 Å². The highest BCUT2D eigenvalue weighted by Gasteiger charge is 2.26. The van der Waals surface area contributed by atoms with Crippen molar-refractivity contribution in [1.29, 1.82) is 0 Å². The molecule has 1 amide bonds. The van der Waals surface area contributed by atoms with Gasteiger partial charge in [0.2, 0.25) is 5.91 Å². The fourth-order valence-electron chi connectivity index (χ4n) is 2.92. The van der Waals surface area contributed by atoms with Gasteiger partial charge in [-0.1, -0.05) is 0 Å². The molecule has 24 heavy (non-hydrogen) atoms. The minimum absolute atomic E-state index is 0.146. The first-order valence-electron chi connectivity index (χ1n) is 7.95. The zero-order valence-corrected chi connectivity index (χ0v) is 13.1. The lowest BCUT2D eigenvalue weighted by atomic mass is 10.2. The van der Waals surface area contributed by atoms with E-state index < -0.39 is 0 Å². The number of amides is 1. The number of hydrogen-bond acceptors (Lipinski definition) is 6. The Hall–Kier alpha value is -2.97. The summed E-state index contributed by atoms with van der Waals surface area (Å²) in [6.07, 6.45) is 7.99. The second kappa shape index (κ2) is 6.26. The van der Waals surface area contributed by atoms with E-state index in [0.29, 0.717) is 19.5 Å². The Morgan fingerprint density at radius 1 is 1.38 bits per heavy atom. The zero-order valence-electron chi connectivity index (χ0n) is 13.1. The zero-order chi connectivity index (χ0) is 16.4. The Kier molecular flexibility index (Phi) is 3.81. The lowest BCUT2D eigenvalue weighted by molar-refractivity contribution is -0.130. The van der Waals surface area contributed by atoms with Crippen LogP contribution in [0.2, 0.25) is 0 Å². The van der Waals surface area contributed by atoms with Gasteiger partial charge in [-0.25, -0.2) is 14.5 Å². The van der Waals surface area contributed by atoms with Crippen molar-refractivity contribution >= 4 is 17.4 Å². The molecule has 0 aliphatic carbocycles. The number of rotatable bonds is 5. The fourth-order valence-corrected chi connectivity index (χ4v) is 2.92. The summed E-state index contributed by atoms with van der Waals surface area (Å²) in [6.45, 7) is 2.02. The highest BCUT2D eigenvalue weighted by Crippen LogP contribution is 2.15. The van der Waals surface area contributed by atoms with Crippen LogP contribution in [0.3, 0.4) is 0 Å². The first kappa shape index (κ1) is 14.6. The molecule has 124 valence electrons. The van der Waals surface area contributed by atoms with Crippen LogP contribution < -0.4 is 5.32 Å². The van der Waals surface area contributed by atoms with Crippen LogP contribution >= 0.6 is 0 Å². The number of carbonyl (C=O) groups is 1. The molecule has 1 saturated heterocycles. The monoisotopic (exact) mass is 326 g/mol. The molecule has 1 N–H and O–H groups in total. The molecule has 0 radical (unpaired) electrons. The third-order valence-electron chi connectivity index (χ3n) is 4.17. The van der Waals surface area contributed by atoms with E-state index >= 15 is 0 Å². The van der Waals surface area contributed by atoms with Crippen molar-refractivity contribution in [2.24, 2.45) is 0 Å². The standard InChI is InChI=1S/C15H18N8O/c24-15(4-7-22-11-16-10-18-22)21-6-3-12(9-21)19-13-1-2-14-17-5-8-23(14)20-13/h1-2,5,8,10-12H,3-4,6-7,9H2,(H,19,20). The topological polar surface area (TPSA) is 93.2 Å². The predicted molar refractivity (Wildman–Crippen MR) is 86.2 cm³/mol. The number of nitrogens with zero attached hydrogens (tertiary/aromatic N) is 7. The molecule has 1 unspecified atom stereocenters. The van der Waals surface area contributed by atoms with Gasteiger partial charge in [-0.3, -0.25) is 9.48 Å². The van der Waals surface area contributed by atoms with Crippen LogP contribution in [0.15, 0.2) is 37.2 Å². The number of aryl methyl sites for hydroxylation is 1. The van der Waals surface area contributed by atoms with Crippen LogP contribution in [0, 0.1) is 0 Å². The molecule has 1 aliphatic heterocycles. The molecule has 1 aliphatic rings. The van der Waals surface area contributed by atoms with Gasteiger partial charge in [-0.15, -0.1) is 5.10 Å². The Bertz CT molecular complexity index is 827. The average molecular weight is 326 g/mol. The molecular weight excluding hydrogens is 308 g/mol. The number of aromatic nitrogens is 6. The van der Waals surface area contributed by atoms with Crippen molar-refractivity contribution in [3.63, 3.8) is 0 Å². The summed E-state index contributed by atoms with van der Waals surface area (Å²) in [5.41, 5.74) is 0.817. The van der Waals surface area contributed by atoms with Gasteiger partial charge in [0.15, 0.2) is 5.65 Å². The van der Waals surface area contributed by atoms with Crippen molar-refractivity contribution in [1.82, 2.24) is 34.3 Å². The van der Waals surface area contributed by atoms with Crippen LogP contribution in [-0.2, 0) is 11.3 Å². The van der Waals surface area contributed by atoms with E-state index in [1.165, 1.54) is 6.33 Å². The Labute approximate surface area is 138 Å². The molecule has 1 atom stereocenters. The van der Waals surface area contributed by atoms with Crippen LogP contribution in [0.25, 0.3) is 5.65 Å². The van der Waals surface area contributed by atoms with Gasteiger partial charge >= 0.3 is 0 Å². The van der Waals surface area contributed by atoms with E-state index in [1.54, 1.807) is 21.7 Å². The van der Waals surface area contributed by atoms with Crippen molar-refractivity contribution in [2.75, 3.05) is 18.4 Å². The summed E-state index contributed by atoms with van der Waals surface area (Å²) < 4.78 is 3.41. The number of fused-ring (bicyclic) bond motifs is 1. The first-order valence-corrected chi connectivity index (χ1v) is 7.95.